The van der Waals surface area contributed by atoms with Gasteiger partial charge in [0.05, 0.1) is 24.7 Å². The van der Waals surface area contributed by atoms with Crippen LogP contribution in [0.2, 0.25) is 0 Å². The summed E-state index contributed by atoms with van der Waals surface area (Å²) in [7, 11) is 0. The molecule has 0 saturated carbocycles. The second kappa shape index (κ2) is 11.3. The molecule has 0 N–H and O–H groups in total. The van der Waals surface area contributed by atoms with Crippen LogP contribution in [0.4, 0.5) is 0 Å². The van der Waals surface area contributed by atoms with Crippen LogP contribution in [0.5, 0.6) is 0 Å². The molecule has 1 aliphatic rings. The number of carbonyl (C=O) groups excluding carboxylic acids is 1. The van der Waals surface area contributed by atoms with Crippen molar-refractivity contribution in [1.29, 1.82) is 5.26 Å². The zero-order chi connectivity index (χ0) is 20.9. The zero-order valence-corrected chi connectivity index (χ0v) is 21.5. The van der Waals surface area contributed by atoms with Crippen molar-refractivity contribution in [2.24, 2.45) is 0 Å². The standard InChI is InChI=1S/C26H33N2O.Y/c1-4-25(26(29)17-24-20(2)11-10-12-21(24)3)28(15-8-5-9-16-28)19-23-14-7-6-13-22(23)18-27;/h6-7,10-14,25H,4-5,8-9,15-17,19H2,1-3H3;/q+1;. The van der Waals surface area contributed by atoms with Crippen LogP contribution in [0.15, 0.2) is 42.5 Å². The van der Waals surface area contributed by atoms with Gasteiger partial charge in [0.1, 0.15) is 12.6 Å². The normalized spacial score (nSPS) is 16.2. The van der Waals surface area contributed by atoms with Gasteiger partial charge in [0.15, 0.2) is 5.78 Å². The molecule has 1 radical (unpaired) electrons. The van der Waals surface area contributed by atoms with Gasteiger partial charge in [-0.3, -0.25) is 4.79 Å². The summed E-state index contributed by atoms with van der Waals surface area (Å²) in [6.07, 6.45) is 4.90. The summed E-state index contributed by atoms with van der Waals surface area (Å²) in [5.41, 5.74) is 5.41. The van der Waals surface area contributed by atoms with Gasteiger partial charge < -0.3 is 4.48 Å². The van der Waals surface area contributed by atoms with E-state index in [9.17, 15) is 10.1 Å². The first-order chi connectivity index (χ1) is 14.0. The number of carbonyl (C=O) groups is 1. The minimum Gasteiger partial charge on any atom is -0.311 e. The predicted molar refractivity (Wildman–Crippen MR) is 117 cm³/mol. The molecule has 0 spiro atoms. The number of nitrogens with zero attached hydrogens (tertiary/aromatic N) is 2. The first kappa shape index (κ1) is 24.9. The Labute approximate surface area is 206 Å². The maximum Gasteiger partial charge on any atom is 0.194 e. The molecule has 0 aliphatic carbocycles. The number of rotatable bonds is 7. The molecule has 1 aliphatic heterocycles. The fraction of sp³-hybridized carbons (Fsp3) is 0.462. The molecule has 1 heterocycles. The molecule has 1 saturated heterocycles. The molecule has 30 heavy (non-hydrogen) atoms. The number of ketones is 1. The summed E-state index contributed by atoms with van der Waals surface area (Å²) in [5.74, 6) is 0.348. The Kier molecular flexibility index (Phi) is 9.42. The first-order valence-electron chi connectivity index (χ1n) is 10.9. The van der Waals surface area contributed by atoms with Gasteiger partial charge in [-0.25, -0.2) is 0 Å². The van der Waals surface area contributed by atoms with Gasteiger partial charge in [-0.1, -0.05) is 43.3 Å². The molecule has 4 heteroatoms. The largest absolute Gasteiger partial charge is 0.311 e. The zero-order valence-electron chi connectivity index (χ0n) is 18.7. The van der Waals surface area contributed by atoms with Gasteiger partial charge in [-0.05, 0) is 55.9 Å². The van der Waals surface area contributed by atoms with Crippen molar-refractivity contribution in [3.63, 3.8) is 0 Å². The van der Waals surface area contributed by atoms with E-state index in [2.05, 4.69) is 51.1 Å². The third-order valence-electron chi connectivity index (χ3n) is 6.74. The van der Waals surface area contributed by atoms with Gasteiger partial charge in [-0.2, -0.15) is 5.26 Å². The van der Waals surface area contributed by atoms with Crippen LogP contribution in [0.1, 0.15) is 60.4 Å². The minimum atomic E-state index is -0.0129. The van der Waals surface area contributed by atoms with E-state index in [1.54, 1.807) is 0 Å². The van der Waals surface area contributed by atoms with E-state index >= 15 is 0 Å². The molecule has 1 unspecified atom stereocenters. The molecule has 0 aromatic heterocycles. The number of quaternary nitrogens is 1. The third kappa shape index (κ3) is 5.47. The van der Waals surface area contributed by atoms with E-state index in [-0.39, 0.29) is 38.8 Å². The van der Waals surface area contributed by atoms with Crippen LogP contribution in [0, 0.1) is 25.2 Å². The van der Waals surface area contributed by atoms with Crippen molar-refractivity contribution >= 4 is 5.78 Å². The Morgan fingerprint density at radius 3 is 2.27 bits per heavy atom. The number of Topliss-reactive ketones (excluding diaryl/α,β-unsaturated/α-hetero) is 1. The molecule has 1 atom stereocenters. The Morgan fingerprint density at radius 2 is 1.67 bits per heavy atom. The fourth-order valence-electron chi connectivity index (χ4n) is 5.17. The quantitative estimate of drug-likeness (QED) is 0.509. The molecule has 2 aromatic rings. The smallest absolute Gasteiger partial charge is 0.194 e. The van der Waals surface area contributed by atoms with Crippen LogP contribution < -0.4 is 0 Å². The van der Waals surface area contributed by atoms with Crippen molar-refractivity contribution < 1.29 is 42.0 Å². The molecule has 155 valence electrons. The summed E-state index contributed by atoms with van der Waals surface area (Å²) in [6, 6.07) is 16.5. The maximum absolute atomic E-state index is 13.6. The van der Waals surface area contributed by atoms with E-state index in [1.165, 1.54) is 23.1 Å². The average Bonchev–Trinajstić information content (AvgIpc) is 2.72. The van der Waals surface area contributed by atoms with Gasteiger partial charge >= 0.3 is 0 Å². The van der Waals surface area contributed by atoms with Crippen molar-refractivity contribution in [3.8, 4) is 6.07 Å². The minimum absolute atomic E-state index is 0. The van der Waals surface area contributed by atoms with E-state index in [1.807, 2.05) is 18.2 Å². The molecule has 3 rings (SSSR count). The van der Waals surface area contributed by atoms with Gasteiger partial charge in [0, 0.05) is 51.1 Å². The summed E-state index contributed by atoms with van der Waals surface area (Å²) < 4.78 is 0.805. The van der Waals surface area contributed by atoms with Crippen molar-refractivity contribution in [3.05, 3.63) is 70.3 Å². The number of benzene rings is 2. The SMILES string of the molecule is CCC(C(=O)Cc1c(C)cccc1C)[N+]1(Cc2ccccc2C#N)CCCCC1.[Y]. The number of piperidine rings is 1. The summed E-state index contributed by atoms with van der Waals surface area (Å²) in [4.78, 5) is 13.6. The summed E-state index contributed by atoms with van der Waals surface area (Å²) in [5, 5.41) is 9.57. The van der Waals surface area contributed by atoms with E-state index < -0.39 is 0 Å². The number of aryl methyl sites for hydroxylation is 2. The Balaban J connectivity index is 0.00000320. The second-order valence-corrected chi connectivity index (χ2v) is 8.59. The monoisotopic (exact) mass is 478 g/mol. The van der Waals surface area contributed by atoms with Gasteiger partial charge in [0.2, 0.25) is 0 Å². The second-order valence-electron chi connectivity index (χ2n) is 8.59. The molecule has 0 bridgehead atoms. The van der Waals surface area contributed by atoms with E-state index in [0.717, 1.165) is 54.5 Å². The number of likely N-dealkylation sites (tertiary alicyclic amines) is 1. The third-order valence-corrected chi connectivity index (χ3v) is 6.74. The predicted octanol–water partition coefficient (Wildman–Crippen LogP) is 5.26. The van der Waals surface area contributed by atoms with Crippen molar-refractivity contribution in [2.75, 3.05) is 13.1 Å². The van der Waals surface area contributed by atoms with Crippen molar-refractivity contribution in [1.82, 2.24) is 0 Å². The molecule has 0 amide bonds. The fourth-order valence-corrected chi connectivity index (χ4v) is 5.17. The van der Waals surface area contributed by atoms with Crippen LogP contribution in [0.3, 0.4) is 0 Å². The van der Waals surface area contributed by atoms with Gasteiger partial charge in [0.25, 0.3) is 0 Å². The average molecular weight is 478 g/mol. The Hall–Kier alpha value is -1.34. The van der Waals surface area contributed by atoms with Crippen molar-refractivity contribution in [2.45, 2.75) is 65.5 Å². The summed E-state index contributed by atoms with van der Waals surface area (Å²) in [6.45, 7) is 9.18. The van der Waals surface area contributed by atoms with Crippen LogP contribution in [0.25, 0.3) is 0 Å². The van der Waals surface area contributed by atoms with Crippen LogP contribution >= 0.6 is 0 Å². The van der Waals surface area contributed by atoms with Gasteiger partial charge in [-0.15, -0.1) is 0 Å². The maximum atomic E-state index is 13.6. The molecular formula is C26H33N2OY+. The molecular weight excluding hydrogens is 445 g/mol. The van der Waals surface area contributed by atoms with E-state index in [4.69, 9.17) is 0 Å². The number of hydrogen-bond donors (Lipinski definition) is 0. The van der Waals surface area contributed by atoms with Crippen LogP contribution in [-0.4, -0.2) is 29.4 Å². The molecule has 2 aromatic carbocycles. The Morgan fingerprint density at radius 1 is 1.03 bits per heavy atom. The topological polar surface area (TPSA) is 40.9 Å². The van der Waals surface area contributed by atoms with Crippen LogP contribution in [-0.2, 0) is 50.5 Å². The number of nitriles is 1. The number of hydrogen-bond acceptors (Lipinski definition) is 2. The Bertz CT molecular complexity index is 889. The summed E-state index contributed by atoms with van der Waals surface area (Å²) >= 11 is 0. The van der Waals surface area contributed by atoms with E-state index in [0.29, 0.717) is 12.2 Å². The molecule has 3 nitrogen and oxygen atoms in total. The molecule has 1 fully saturated rings. The first-order valence-corrected chi connectivity index (χ1v) is 10.9.